The van der Waals surface area contributed by atoms with Crippen LogP contribution in [0.15, 0.2) is 30.3 Å². The molecule has 0 radical (unpaired) electrons. The molecule has 5 nitrogen and oxygen atoms in total. The van der Waals surface area contributed by atoms with Gasteiger partial charge >= 0.3 is 5.97 Å². The van der Waals surface area contributed by atoms with Crippen LogP contribution in [0.1, 0.15) is 0 Å². The first-order valence-corrected chi connectivity index (χ1v) is 6.54. The molecule has 86 valence electrons. The van der Waals surface area contributed by atoms with Crippen molar-refractivity contribution in [2.75, 3.05) is 17.7 Å². The van der Waals surface area contributed by atoms with Crippen LogP contribution < -0.4 is 4.90 Å². The number of benzene rings is 1. The van der Waals surface area contributed by atoms with Crippen molar-refractivity contribution < 1.29 is 18.3 Å². The fraction of sp³-hybridized carbons (Fsp3) is 0.300. The highest BCUT2D eigenvalue weighted by molar-refractivity contribution is 7.93. The number of anilines is 1. The molecule has 1 fully saturated rings. The standard InChI is InChI=1S/C10H11NO4S/c1-16(14,15)10(9(12)13)7-11(10)8-5-3-2-4-6-8/h2-6H,7H2,1H3,(H,12,13). The van der Waals surface area contributed by atoms with Crippen LogP contribution in [0.5, 0.6) is 0 Å². The van der Waals surface area contributed by atoms with Crippen LogP contribution in [0.2, 0.25) is 0 Å². The van der Waals surface area contributed by atoms with E-state index in [1.54, 1.807) is 30.3 Å². The van der Waals surface area contributed by atoms with Gasteiger partial charge in [0.05, 0.1) is 6.54 Å². The maximum Gasteiger partial charge on any atom is 0.347 e. The summed E-state index contributed by atoms with van der Waals surface area (Å²) in [5.41, 5.74) is 0.607. The zero-order chi connectivity index (χ0) is 12.0. The molecule has 1 heterocycles. The SMILES string of the molecule is CS(=O)(=O)C1(C(=O)O)CN1c1ccccc1. The first kappa shape index (κ1) is 10.9. The van der Waals surface area contributed by atoms with Crippen LogP contribution in [-0.4, -0.2) is 37.2 Å². The highest BCUT2D eigenvalue weighted by Gasteiger charge is 2.67. The van der Waals surface area contributed by atoms with Crippen LogP contribution in [0.3, 0.4) is 0 Å². The summed E-state index contributed by atoms with van der Waals surface area (Å²) < 4.78 is 23.0. The van der Waals surface area contributed by atoms with Gasteiger partial charge in [-0.2, -0.15) is 0 Å². The van der Waals surface area contributed by atoms with Gasteiger partial charge in [-0.1, -0.05) is 18.2 Å². The van der Waals surface area contributed by atoms with Gasteiger partial charge in [0.1, 0.15) is 0 Å². The fourth-order valence-corrected chi connectivity index (χ4v) is 2.93. The Hall–Kier alpha value is -1.56. The zero-order valence-electron chi connectivity index (χ0n) is 8.62. The Kier molecular flexibility index (Phi) is 2.20. The van der Waals surface area contributed by atoms with Gasteiger partial charge in [0, 0.05) is 11.9 Å². The Bertz CT molecular complexity index is 525. The summed E-state index contributed by atoms with van der Waals surface area (Å²) in [5, 5.41) is 9.05. The second-order valence-corrected chi connectivity index (χ2v) is 6.00. The molecule has 1 aliphatic heterocycles. The van der Waals surface area contributed by atoms with Crippen molar-refractivity contribution in [1.82, 2.24) is 0 Å². The van der Waals surface area contributed by atoms with E-state index in [1.165, 1.54) is 4.90 Å². The molecule has 1 aliphatic rings. The number of carbonyl (C=O) groups is 1. The number of sulfone groups is 1. The number of nitrogens with zero attached hydrogens (tertiary/aromatic N) is 1. The summed E-state index contributed by atoms with van der Waals surface area (Å²) in [7, 11) is -3.66. The number of para-hydroxylation sites is 1. The van der Waals surface area contributed by atoms with Crippen molar-refractivity contribution in [3.8, 4) is 0 Å². The molecule has 0 amide bonds. The minimum absolute atomic E-state index is 0.00514. The molecule has 1 saturated heterocycles. The number of rotatable bonds is 3. The van der Waals surface area contributed by atoms with Gasteiger partial charge in [-0.3, -0.25) is 0 Å². The Balaban J connectivity index is 2.42. The Labute approximate surface area is 93.2 Å². The van der Waals surface area contributed by atoms with Gasteiger partial charge < -0.3 is 10.0 Å². The van der Waals surface area contributed by atoms with E-state index in [-0.39, 0.29) is 6.54 Å². The summed E-state index contributed by atoms with van der Waals surface area (Å²) in [4.78, 5) is 10.7. The maximum absolute atomic E-state index is 11.5. The summed E-state index contributed by atoms with van der Waals surface area (Å²) >= 11 is 0. The first-order chi connectivity index (χ1) is 7.39. The molecule has 1 aromatic rings. The average Bonchev–Trinajstić information content (AvgIpc) is 2.94. The molecule has 0 saturated carbocycles. The number of aliphatic carboxylic acids is 1. The van der Waals surface area contributed by atoms with E-state index >= 15 is 0 Å². The topological polar surface area (TPSA) is 74.5 Å². The molecule has 2 rings (SSSR count). The third-order valence-electron chi connectivity index (χ3n) is 2.72. The third-order valence-corrected chi connectivity index (χ3v) is 4.47. The third kappa shape index (κ3) is 1.37. The molecule has 0 aromatic heterocycles. The summed E-state index contributed by atoms with van der Waals surface area (Å²) in [6.45, 7) is 0.00514. The smallest absolute Gasteiger partial charge is 0.347 e. The summed E-state index contributed by atoms with van der Waals surface area (Å²) in [6, 6.07) is 8.65. The number of carboxylic acid groups (broad SMARTS) is 1. The van der Waals surface area contributed by atoms with Gasteiger partial charge in [-0.25, -0.2) is 13.2 Å². The van der Waals surface area contributed by atoms with Gasteiger partial charge in [0.25, 0.3) is 4.87 Å². The predicted molar refractivity (Wildman–Crippen MR) is 59.0 cm³/mol. The normalized spacial score (nSPS) is 24.2. The van der Waals surface area contributed by atoms with E-state index in [4.69, 9.17) is 5.11 Å². The van der Waals surface area contributed by atoms with Gasteiger partial charge in [-0.05, 0) is 12.1 Å². The lowest BCUT2D eigenvalue weighted by Gasteiger charge is -2.11. The van der Waals surface area contributed by atoms with Crippen molar-refractivity contribution in [2.24, 2.45) is 0 Å². The maximum atomic E-state index is 11.5. The lowest BCUT2D eigenvalue weighted by molar-refractivity contribution is -0.137. The van der Waals surface area contributed by atoms with Gasteiger partial charge in [0.15, 0.2) is 9.84 Å². The Morgan fingerprint density at radius 3 is 2.31 bits per heavy atom. The Morgan fingerprint density at radius 2 is 1.94 bits per heavy atom. The van der Waals surface area contributed by atoms with E-state index < -0.39 is 20.7 Å². The largest absolute Gasteiger partial charge is 0.479 e. The molecular formula is C10H11NO4S. The Morgan fingerprint density at radius 1 is 1.38 bits per heavy atom. The second kappa shape index (κ2) is 3.21. The second-order valence-electron chi connectivity index (χ2n) is 3.78. The van der Waals surface area contributed by atoms with Gasteiger partial charge in [0.2, 0.25) is 0 Å². The molecule has 0 spiro atoms. The van der Waals surface area contributed by atoms with E-state index in [0.717, 1.165) is 6.26 Å². The van der Waals surface area contributed by atoms with Crippen LogP contribution >= 0.6 is 0 Å². The van der Waals surface area contributed by atoms with Crippen LogP contribution in [0.4, 0.5) is 5.69 Å². The number of hydrogen-bond acceptors (Lipinski definition) is 4. The number of carboxylic acids is 1. The van der Waals surface area contributed by atoms with Crippen molar-refractivity contribution in [3.63, 3.8) is 0 Å². The van der Waals surface area contributed by atoms with Crippen LogP contribution in [0, 0.1) is 0 Å². The van der Waals surface area contributed by atoms with Crippen LogP contribution in [0.25, 0.3) is 0 Å². The highest BCUT2D eigenvalue weighted by Crippen LogP contribution is 2.41. The van der Waals surface area contributed by atoms with Crippen molar-refractivity contribution in [2.45, 2.75) is 4.87 Å². The van der Waals surface area contributed by atoms with Crippen molar-refractivity contribution in [3.05, 3.63) is 30.3 Å². The highest BCUT2D eigenvalue weighted by atomic mass is 32.2. The minimum atomic E-state index is -3.66. The summed E-state index contributed by atoms with van der Waals surface area (Å²) in [6.07, 6.45) is 0.948. The molecular weight excluding hydrogens is 230 g/mol. The van der Waals surface area contributed by atoms with E-state index in [2.05, 4.69) is 0 Å². The molecule has 0 bridgehead atoms. The van der Waals surface area contributed by atoms with Crippen molar-refractivity contribution >= 4 is 21.5 Å². The minimum Gasteiger partial charge on any atom is -0.479 e. The average molecular weight is 241 g/mol. The molecule has 0 aliphatic carbocycles. The van der Waals surface area contributed by atoms with E-state index in [9.17, 15) is 13.2 Å². The van der Waals surface area contributed by atoms with E-state index in [0.29, 0.717) is 5.69 Å². The van der Waals surface area contributed by atoms with Gasteiger partial charge in [-0.15, -0.1) is 0 Å². The lowest BCUT2D eigenvalue weighted by Crippen LogP contribution is -2.37. The molecule has 1 atom stereocenters. The molecule has 1 unspecified atom stereocenters. The monoisotopic (exact) mass is 241 g/mol. The molecule has 16 heavy (non-hydrogen) atoms. The fourth-order valence-electron chi connectivity index (χ4n) is 1.75. The molecule has 6 heteroatoms. The van der Waals surface area contributed by atoms with E-state index in [1.807, 2.05) is 0 Å². The predicted octanol–water partition coefficient (Wildman–Crippen LogP) is 0.332. The van der Waals surface area contributed by atoms with Crippen molar-refractivity contribution in [1.29, 1.82) is 0 Å². The zero-order valence-corrected chi connectivity index (χ0v) is 9.44. The molecule has 1 N–H and O–H groups in total. The summed E-state index contributed by atoms with van der Waals surface area (Å²) in [5.74, 6) is -1.32. The quantitative estimate of drug-likeness (QED) is 0.772. The molecule has 1 aromatic carbocycles. The lowest BCUT2D eigenvalue weighted by atomic mass is 10.3. The first-order valence-electron chi connectivity index (χ1n) is 4.65. The number of hydrogen-bond donors (Lipinski definition) is 1. The van der Waals surface area contributed by atoms with Crippen LogP contribution in [-0.2, 0) is 14.6 Å².